The van der Waals surface area contributed by atoms with E-state index in [4.69, 9.17) is 4.74 Å². The Kier molecular flexibility index (Phi) is 5.99. The van der Waals surface area contributed by atoms with E-state index in [1.54, 1.807) is 31.2 Å². The predicted octanol–water partition coefficient (Wildman–Crippen LogP) is 1.85. The molecular formula is C20H22N2O5S. The standard InChI is InChI=1S/C20H22N2O5S/c1-15(20(24)22-10-12-28(25,26)13-11-22)21-19(23)16-6-5-9-18(14-16)27-17-7-3-2-4-8-17/h2-9,14-15H,10-13H2,1H3,(H,21,23). The zero-order valence-corrected chi connectivity index (χ0v) is 16.3. The van der Waals surface area contributed by atoms with Gasteiger partial charge in [0.05, 0.1) is 11.5 Å². The number of para-hydroxylation sites is 1. The zero-order chi connectivity index (χ0) is 20.1. The number of ether oxygens (including phenoxy) is 1. The highest BCUT2D eigenvalue weighted by Crippen LogP contribution is 2.21. The van der Waals surface area contributed by atoms with Crippen LogP contribution in [-0.4, -0.2) is 55.8 Å². The van der Waals surface area contributed by atoms with Crippen molar-refractivity contribution in [2.24, 2.45) is 0 Å². The van der Waals surface area contributed by atoms with E-state index in [1.807, 2.05) is 30.3 Å². The Morgan fingerprint density at radius 2 is 1.64 bits per heavy atom. The van der Waals surface area contributed by atoms with E-state index in [0.717, 1.165) is 0 Å². The summed E-state index contributed by atoms with van der Waals surface area (Å²) in [6.45, 7) is 1.90. The smallest absolute Gasteiger partial charge is 0.252 e. The van der Waals surface area contributed by atoms with Crippen molar-refractivity contribution in [1.29, 1.82) is 0 Å². The lowest BCUT2D eigenvalue weighted by Gasteiger charge is -2.29. The summed E-state index contributed by atoms with van der Waals surface area (Å²) in [5, 5.41) is 2.67. The van der Waals surface area contributed by atoms with Crippen LogP contribution in [0.3, 0.4) is 0 Å². The van der Waals surface area contributed by atoms with Gasteiger partial charge in [-0.2, -0.15) is 0 Å². The van der Waals surface area contributed by atoms with Crippen LogP contribution >= 0.6 is 0 Å². The van der Waals surface area contributed by atoms with Crippen molar-refractivity contribution >= 4 is 21.7 Å². The minimum absolute atomic E-state index is 0.0434. The Morgan fingerprint density at radius 1 is 1.00 bits per heavy atom. The van der Waals surface area contributed by atoms with Crippen molar-refractivity contribution in [1.82, 2.24) is 10.2 Å². The van der Waals surface area contributed by atoms with Crippen molar-refractivity contribution in [3.8, 4) is 11.5 Å². The molecule has 1 saturated heterocycles. The number of carbonyl (C=O) groups excluding carboxylic acids is 2. The maximum absolute atomic E-state index is 12.5. The molecule has 1 heterocycles. The lowest BCUT2D eigenvalue weighted by atomic mass is 10.2. The number of rotatable bonds is 5. The van der Waals surface area contributed by atoms with Gasteiger partial charge in [0, 0.05) is 18.7 Å². The van der Waals surface area contributed by atoms with Crippen LogP contribution in [0.15, 0.2) is 54.6 Å². The highest BCUT2D eigenvalue weighted by atomic mass is 32.2. The number of amides is 2. The van der Waals surface area contributed by atoms with Crippen LogP contribution in [0.25, 0.3) is 0 Å². The number of nitrogens with zero attached hydrogens (tertiary/aromatic N) is 1. The first kappa shape index (κ1) is 19.9. The second kappa shape index (κ2) is 8.43. The summed E-state index contributed by atoms with van der Waals surface area (Å²) >= 11 is 0. The highest BCUT2D eigenvalue weighted by molar-refractivity contribution is 7.91. The molecule has 2 aromatic rings. The molecule has 0 aromatic heterocycles. The van der Waals surface area contributed by atoms with Crippen molar-refractivity contribution in [2.45, 2.75) is 13.0 Å². The molecule has 2 amide bonds. The lowest BCUT2D eigenvalue weighted by Crippen LogP contribution is -2.51. The molecule has 3 rings (SSSR count). The van der Waals surface area contributed by atoms with Gasteiger partial charge in [-0.25, -0.2) is 8.42 Å². The van der Waals surface area contributed by atoms with Gasteiger partial charge in [-0.05, 0) is 37.3 Å². The molecule has 2 aromatic carbocycles. The molecule has 1 unspecified atom stereocenters. The molecule has 7 nitrogen and oxygen atoms in total. The van der Waals surface area contributed by atoms with Gasteiger partial charge in [0.25, 0.3) is 5.91 Å². The summed E-state index contributed by atoms with van der Waals surface area (Å²) in [4.78, 5) is 26.5. The Labute approximate surface area is 164 Å². The van der Waals surface area contributed by atoms with E-state index in [2.05, 4.69) is 5.32 Å². The monoisotopic (exact) mass is 402 g/mol. The van der Waals surface area contributed by atoms with E-state index in [9.17, 15) is 18.0 Å². The molecule has 0 radical (unpaired) electrons. The fraction of sp³-hybridized carbons (Fsp3) is 0.300. The molecule has 1 N–H and O–H groups in total. The minimum atomic E-state index is -3.07. The Morgan fingerprint density at radius 3 is 2.32 bits per heavy atom. The number of carbonyl (C=O) groups is 2. The van der Waals surface area contributed by atoms with Crippen LogP contribution in [0.4, 0.5) is 0 Å². The predicted molar refractivity (Wildman–Crippen MR) is 105 cm³/mol. The van der Waals surface area contributed by atoms with Gasteiger partial charge in [0.1, 0.15) is 17.5 Å². The van der Waals surface area contributed by atoms with Gasteiger partial charge in [0.2, 0.25) is 5.91 Å². The number of benzene rings is 2. The Hall–Kier alpha value is -2.87. The van der Waals surface area contributed by atoms with Crippen molar-refractivity contribution in [2.75, 3.05) is 24.6 Å². The fourth-order valence-corrected chi connectivity index (χ4v) is 4.08. The van der Waals surface area contributed by atoms with Gasteiger partial charge < -0.3 is 15.0 Å². The molecule has 0 bridgehead atoms. The summed E-state index contributed by atoms with van der Waals surface area (Å²) < 4.78 is 28.7. The largest absolute Gasteiger partial charge is 0.457 e. The molecule has 28 heavy (non-hydrogen) atoms. The maximum Gasteiger partial charge on any atom is 0.252 e. The molecule has 1 aliphatic rings. The fourth-order valence-electron chi connectivity index (χ4n) is 2.87. The number of hydrogen-bond acceptors (Lipinski definition) is 5. The van der Waals surface area contributed by atoms with Crippen molar-refractivity contribution in [3.63, 3.8) is 0 Å². The topological polar surface area (TPSA) is 92.8 Å². The average molecular weight is 402 g/mol. The normalized spacial score (nSPS) is 16.8. The maximum atomic E-state index is 12.5. The molecular weight excluding hydrogens is 380 g/mol. The van der Waals surface area contributed by atoms with Gasteiger partial charge in [-0.15, -0.1) is 0 Å². The van der Waals surface area contributed by atoms with Crippen LogP contribution in [0, 0.1) is 0 Å². The van der Waals surface area contributed by atoms with E-state index < -0.39 is 21.8 Å². The van der Waals surface area contributed by atoms with Crippen LogP contribution in [0.2, 0.25) is 0 Å². The minimum Gasteiger partial charge on any atom is -0.457 e. The average Bonchev–Trinajstić information content (AvgIpc) is 2.68. The van der Waals surface area contributed by atoms with Crippen LogP contribution in [-0.2, 0) is 14.6 Å². The number of sulfone groups is 1. The third-order valence-corrected chi connectivity index (χ3v) is 6.06. The molecule has 148 valence electrons. The van der Waals surface area contributed by atoms with E-state index in [0.29, 0.717) is 17.1 Å². The first-order valence-electron chi connectivity index (χ1n) is 8.97. The molecule has 0 aliphatic carbocycles. The number of hydrogen-bond donors (Lipinski definition) is 1. The Balaban J connectivity index is 1.61. The third-order valence-electron chi connectivity index (χ3n) is 4.45. The van der Waals surface area contributed by atoms with E-state index in [1.165, 1.54) is 4.90 Å². The first-order chi connectivity index (χ1) is 13.3. The van der Waals surface area contributed by atoms with Crippen LogP contribution in [0.5, 0.6) is 11.5 Å². The Bertz CT molecular complexity index is 946. The van der Waals surface area contributed by atoms with Gasteiger partial charge in [0.15, 0.2) is 9.84 Å². The molecule has 0 saturated carbocycles. The van der Waals surface area contributed by atoms with Crippen molar-refractivity contribution < 1.29 is 22.7 Å². The van der Waals surface area contributed by atoms with Gasteiger partial charge >= 0.3 is 0 Å². The molecule has 0 spiro atoms. The quantitative estimate of drug-likeness (QED) is 0.824. The molecule has 1 fully saturated rings. The van der Waals surface area contributed by atoms with E-state index >= 15 is 0 Å². The summed E-state index contributed by atoms with van der Waals surface area (Å²) in [5.74, 6) is 0.392. The summed E-state index contributed by atoms with van der Waals surface area (Å²) in [5.41, 5.74) is 0.370. The second-order valence-electron chi connectivity index (χ2n) is 6.62. The zero-order valence-electron chi connectivity index (χ0n) is 15.5. The molecule has 1 aliphatic heterocycles. The summed E-state index contributed by atoms with van der Waals surface area (Å²) in [7, 11) is -3.07. The lowest BCUT2D eigenvalue weighted by molar-refractivity contribution is -0.132. The van der Waals surface area contributed by atoms with Crippen LogP contribution < -0.4 is 10.1 Å². The SMILES string of the molecule is CC(NC(=O)c1cccc(Oc2ccccc2)c1)C(=O)N1CCS(=O)(=O)CC1. The van der Waals surface area contributed by atoms with Crippen LogP contribution in [0.1, 0.15) is 17.3 Å². The van der Waals surface area contributed by atoms with Crippen molar-refractivity contribution in [3.05, 3.63) is 60.2 Å². The summed E-state index contributed by atoms with van der Waals surface area (Å²) in [6.07, 6.45) is 0. The first-order valence-corrected chi connectivity index (χ1v) is 10.8. The number of nitrogens with one attached hydrogen (secondary N) is 1. The molecule has 8 heteroatoms. The molecule has 1 atom stereocenters. The van der Waals surface area contributed by atoms with E-state index in [-0.39, 0.29) is 30.5 Å². The second-order valence-corrected chi connectivity index (χ2v) is 8.92. The third kappa shape index (κ3) is 5.10. The van der Waals surface area contributed by atoms with Gasteiger partial charge in [-0.1, -0.05) is 24.3 Å². The van der Waals surface area contributed by atoms with Gasteiger partial charge in [-0.3, -0.25) is 9.59 Å². The summed E-state index contributed by atoms with van der Waals surface area (Å²) in [6, 6.07) is 15.1. The highest BCUT2D eigenvalue weighted by Gasteiger charge is 2.28.